The quantitative estimate of drug-likeness (QED) is 0.914. The number of hydrogen-bond donors (Lipinski definition) is 1. The smallest absolute Gasteiger partial charge is 0.229 e. The van der Waals surface area contributed by atoms with Crippen LogP contribution in [0.15, 0.2) is 16.7 Å². The van der Waals surface area contributed by atoms with Crippen LogP contribution in [-0.4, -0.2) is 26.3 Å². The Kier molecular flexibility index (Phi) is 3.95. The summed E-state index contributed by atoms with van der Waals surface area (Å²) < 4.78 is 5.18. The summed E-state index contributed by atoms with van der Waals surface area (Å²) in [6.45, 7) is 7.77. The van der Waals surface area contributed by atoms with Crippen molar-refractivity contribution in [2.24, 2.45) is 5.92 Å². The van der Waals surface area contributed by atoms with Gasteiger partial charge in [0.05, 0.1) is 12.5 Å². The molecule has 2 heterocycles. The second-order valence-corrected chi connectivity index (χ2v) is 5.17. The largest absolute Gasteiger partial charge is 0.392 e. The molecule has 2 aromatic rings. The molecule has 0 saturated heterocycles. The predicted molar refractivity (Wildman–Crippen MR) is 71.6 cm³/mol. The van der Waals surface area contributed by atoms with Crippen molar-refractivity contribution in [3.8, 4) is 11.4 Å². The highest BCUT2D eigenvalue weighted by molar-refractivity contribution is 5.55. The molecule has 0 spiro atoms. The normalized spacial score (nSPS) is 12.9. The Morgan fingerprint density at radius 2 is 1.79 bits per heavy atom. The summed E-state index contributed by atoms with van der Waals surface area (Å²) in [5.74, 6) is 1.17. The molecule has 0 aliphatic rings. The van der Waals surface area contributed by atoms with Gasteiger partial charge in [-0.1, -0.05) is 19.0 Å². The maximum Gasteiger partial charge on any atom is 0.229 e. The molecule has 0 radical (unpaired) electrons. The van der Waals surface area contributed by atoms with Gasteiger partial charge in [0.15, 0.2) is 0 Å². The first-order valence-electron chi connectivity index (χ1n) is 6.42. The van der Waals surface area contributed by atoms with Crippen LogP contribution in [0, 0.1) is 19.8 Å². The van der Waals surface area contributed by atoms with E-state index in [1.807, 2.05) is 39.8 Å². The molecule has 0 aromatic carbocycles. The summed E-state index contributed by atoms with van der Waals surface area (Å²) in [4.78, 5) is 8.63. The number of nitrogens with zero attached hydrogens (tertiary/aromatic N) is 3. The molecule has 102 valence electrons. The molecule has 2 rings (SSSR count). The second kappa shape index (κ2) is 5.48. The van der Waals surface area contributed by atoms with E-state index in [1.54, 1.807) is 0 Å². The third-order valence-corrected chi connectivity index (χ3v) is 2.96. The molecule has 0 aliphatic heterocycles. The Hall–Kier alpha value is -1.75. The van der Waals surface area contributed by atoms with E-state index in [0.717, 1.165) is 17.0 Å². The van der Waals surface area contributed by atoms with Crippen molar-refractivity contribution in [2.75, 3.05) is 0 Å². The summed E-state index contributed by atoms with van der Waals surface area (Å²) in [5, 5.41) is 13.8. The predicted octanol–water partition coefficient (Wildman–Crippen LogP) is 2.31. The van der Waals surface area contributed by atoms with Gasteiger partial charge in [0.2, 0.25) is 11.7 Å². The number of aryl methyl sites for hydroxylation is 2. The molecular formula is C14H19N3O2. The number of pyridine rings is 1. The topological polar surface area (TPSA) is 72.0 Å². The Labute approximate surface area is 112 Å². The molecule has 2 aromatic heterocycles. The molecule has 5 nitrogen and oxygen atoms in total. The van der Waals surface area contributed by atoms with Gasteiger partial charge in [0.25, 0.3) is 0 Å². The Bertz CT molecular complexity index is 543. The van der Waals surface area contributed by atoms with Crippen LogP contribution >= 0.6 is 0 Å². The molecule has 1 N–H and O–H groups in total. The molecule has 5 heteroatoms. The fraction of sp³-hybridized carbons (Fsp3) is 0.500. The number of hydrogen-bond acceptors (Lipinski definition) is 5. The van der Waals surface area contributed by atoms with Crippen molar-refractivity contribution < 1.29 is 9.63 Å². The minimum Gasteiger partial charge on any atom is -0.392 e. The number of aliphatic hydroxyl groups is 1. The molecule has 1 unspecified atom stereocenters. The SMILES string of the molecule is Cc1cc(-c2noc(CC(O)C(C)C)n2)cc(C)n1. The third kappa shape index (κ3) is 3.38. The van der Waals surface area contributed by atoms with Crippen LogP contribution in [0.1, 0.15) is 31.1 Å². The first-order valence-corrected chi connectivity index (χ1v) is 6.42. The zero-order valence-electron chi connectivity index (χ0n) is 11.7. The van der Waals surface area contributed by atoms with E-state index >= 15 is 0 Å². The van der Waals surface area contributed by atoms with Crippen LogP contribution < -0.4 is 0 Å². The van der Waals surface area contributed by atoms with Gasteiger partial charge in [-0.05, 0) is 31.9 Å². The van der Waals surface area contributed by atoms with Gasteiger partial charge in [-0.2, -0.15) is 4.98 Å². The number of rotatable bonds is 4. The monoisotopic (exact) mass is 261 g/mol. The van der Waals surface area contributed by atoms with Gasteiger partial charge in [0.1, 0.15) is 0 Å². The summed E-state index contributed by atoms with van der Waals surface area (Å²) in [6, 6.07) is 3.83. The van der Waals surface area contributed by atoms with E-state index in [0.29, 0.717) is 18.1 Å². The molecule has 0 aliphatic carbocycles. The molecule has 0 fully saturated rings. The van der Waals surface area contributed by atoms with E-state index in [1.165, 1.54) is 0 Å². The van der Waals surface area contributed by atoms with Gasteiger partial charge in [0, 0.05) is 17.0 Å². The third-order valence-electron chi connectivity index (χ3n) is 2.96. The van der Waals surface area contributed by atoms with Crippen LogP contribution in [0.25, 0.3) is 11.4 Å². The van der Waals surface area contributed by atoms with Gasteiger partial charge < -0.3 is 9.63 Å². The summed E-state index contributed by atoms with van der Waals surface area (Å²) in [7, 11) is 0. The Morgan fingerprint density at radius 1 is 1.16 bits per heavy atom. The zero-order chi connectivity index (χ0) is 14.0. The molecule has 0 saturated carbocycles. The van der Waals surface area contributed by atoms with Crippen molar-refractivity contribution in [1.29, 1.82) is 0 Å². The highest BCUT2D eigenvalue weighted by Crippen LogP contribution is 2.18. The van der Waals surface area contributed by atoms with E-state index in [2.05, 4.69) is 15.1 Å². The average molecular weight is 261 g/mol. The van der Waals surface area contributed by atoms with E-state index in [9.17, 15) is 5.11 Å². The lowest BCUT2D eigenvalue weighted by molar-refractivity contribution is 0.116. The summed E-state index contributed by atoms with van der Waals surface area (Å²) >= 11 is 0. The van der Waals surface area contributed by atoms with Crippen molar-refractivity contribution >= 4 is 0 Å². The molecule has 0 bridgehead atoms. The molecule has 19 heavy (non-hydrogen) atoms. The highest BCUT2D eigenvalue weighted by Gasteiger charge is 2.16. The Morgan fingerprint density at radius 3 is 2.37 bits per heavy atom. The molecular weight excluding hydrogens is 242 g/mol. The van der Waals surface area contributed by atoms with E-state index in [4.69, 9.17) is 4.52 Å². The van der Waals surface area contributed by atoms with Gasteiger partial charge >= 0.3 is 0 Å². The van der Waals surface area contributed by atoms with Gasteiger partial charge in [-0.3, -0.25) is 4.98 Å². The Balaban J connectivity index is 2.21. The minimum absolute atomic E-state index is 0.167. The second-order valence-electron chi connectivity index (χ2n) is 5.17. The highest BCUT2D eigenvalue weighted by atomic mass is 16.5. The van der Waals surface area contributed by atoms with Crippen molar-refractivity contribution in [3.05, 3.63) is 29.4 Å². The lowest BCUT2D eigenvalue weighted by Crippen LogP contribution is -2.17. The van der Waals surface area contributed by atoms with Gasteiger partial charge in [-0.25, -0.2) is 0 Å². The van der Waals surface area contributed by atoms with Crippen LogP contribution in [-0.2, 0) is 6.42 Å². The fourth-order valence-corrected chi connectivity index (χ4v) is 1.83. The summed E-state index contributed by atoms with van der Waals surface area (Å²) in [5.41, 5.74) is 2.73. The average Bonchev–Trinajstić information content (AvgIpc) is 2.76. The van der Waals surface area contributed by atoms with Crippen LogP contribution in [0.2, 0.25) is 0 Å². The fourth-order valence-electron chi connectivity index (χ4n) is 1.83. The van der Waals surface area contributed by atoms with Crippen molar-refractivity contribution in [2.45, 2.75) is 40.2 Å². The van der Waals surface area contributed by atoms with Crippen molar-refractivity contribution in [1.82, 2.24) is 15.1 Å². The van der Waals surface area contributed by atoms with Gasteiger partial charge in [-0.15, -0.1) is 0 Å². The molecule has 1 atom stereocenters. The van der Waals surface area contributed by atoms with Crippen LogP contribution in [0.4, 0.5) is 0 Å². The lowest BCUT2D eigenvalue weighted by atomic mass is 10.0. The van der Waals surface area contributed by atoms with Crippen LogP contribution in [0.5, 0.6) is 0 Å². The summed E-state index contributed by atoms with van der Waals surface area (Å²) in [6.07, 6.45) is -0.0810. The lowest BCUT2D eigenvalue weighted by Gasteiger charge is -2.10. The van der Waals surface area contributed by atoms with Crippen LogP contribution in [0.3, 0.4) is 0 Å². The van der Waals surface area contributed by atoms with E-state index < -0.39 is 6.10 Å². The molecule has 0 amide bonds. The first-order chi connectivity index (χ1) is 8.95. The zero-order valence-corrected chi connectivity index (χ0v) is 11.7. The van der Waals surface area contributed by atoms with Crippen molar-refractivity contribution in [3.63, 3.8) is 0 Å². The number of aliphatic hydroxyl groups excluding tert-OH is 1. The standard InChI is InChI=1S/C14H19N3O2/c1-8(2)12(18)7-13-16-14(17-19-13)11-5-9(3)15-10(4)6-11/h5-6,8,12,18H,7H2,1-4H3. The minimum atomic E-state index is -0.464. The van der Waals surface area contributed by atoms with E-state index in [-0.39, 0.29) is 5.92 Å². The maximum atomic E-state index is 9.81. The maximum absolute atomic E-state index is 9.81. The first kappa shape index (κ1) is 13.7. The number of aromatic nitrogens is 3.